The highest BCUT2D eigenvalue weighted by Crippen LogP contribution is 2.29. The van der Waals surface area contributed by atoms with Crippen molar-refractivity contribution in [1.29, 1.82) is 0 Å². The zero-order valence-electron chi connectivity index (χ0n) is 7.82. The zero-order valence-corrected chi connectivity index (χ0v) is 7.82. The second-order valence-electron chi connectivity index (χ2n) is 3.46. The highest BCUT2D eigenvalue weighted by molar-refractivity contribution is 5.73. The summed E-state index contributed by atoms with van der Waals surface area (Å²) >= 11 is 0. The Kier molecular flexibility index (Phi) is 2.73. The maximum absolute atomic E-state index is 10.7. The van der Waals surface area contributed by atoms with Gasteiger partial charge in [0.2, 0.25) is 0 Å². The molecule has 0 aromatic rings. The van der Waals surface area contributed by atoms with Gasteiger partial charge >= 0.3 is 5.97 Å². The van der Waals surface area contributed by atoms with E-state index in [1.165, 1.54) is 0 Å². The number of aliphatic carboxylic acids is 1. The summed E-state index contributed by atoms with van der Waals surface area (Å²) in [6, 6.07) is 0. The lowest BCUT2D eigenvalue weighted by atomic mass is 10.1. The van der Waals surface area contributed by atoms with E-state index in [4.69, 9.17) is 14.6 Å². The van der Waals surface area contributed by atoms with Gasteiger partial charge in [-0.2, -0.15) is 0 Å². The van der Waals surface area contributed by atoms with Crippen LogP contribution in [0.25, 0.3) is 0 Å². The van der Waals surface area contributed by atoms with Crippen LogP contribution in [0.1, 0.15) is 20.3 Å². The predicted molar refractivity (Wildman–Crippen MR) is 46.3 cm³/mol. The molecule has 0 aromatic heterocycles. The number of carbonyl (C=O) groups is 1. The van der Waals surface area contributed by atoms with Crippen molar-refractivity contribution in [3.63, 3.8) is 0 Å². The summed E-state index contributed by atoms with van der Waals surface area (Å²) in [4.78, 5) is 10.7. The van der Waals surface area contributed by atoms with Crippen molar-refractivity contribution in [3.05, 3.63) is 12.7 Å². The smallest absolute Gasteiger partial charge is 0.335 e. The second kappa shape index (κ2) is 3.47. The van der Waals surface area contributed by atoms with E-state index < -0.39 is 24.0 Å². The average Bonchev–Trinajstić information content (AvgIpc) is 2.26. The summed E-state index contributed by atoms with van der Waals surface area (Å²) in [5.41, 5.74) is 0. The summed E-state index contributed by atoms with van der Waals surface area (Å²) in [6.45, 7) is 6.94. The molecule has 1 unspecified atom stereocenters. The van der Waals surface area contributed by atoms with Crippen LogP contribution in [0.5, 0.6) is 0 Å². The van der Waals surface area contributed by atoms with Crippen LogP contribution >= 0.6 is 0 Å². The molecule has 0 saturated carbocycles. The van der Waals surface area contributed by atoms with E-state index in [0.717, 1.165) is 0 Å². The van der Waals surface area contributed by atoms with Crippen LogP contribution in [0.3, 0.4) is 0 Å². The summed E-state index contributed by atoms with van der Waals surface area (Å²) < 4.78 is 10.6. The summed E-state index contributed by atoms with van der Waals surface area (Å²) in [7, 11) is 0. The molecule has 2 atom stereocenters. The monoisotopic (exact) mass is 186 g/mol. The first kappa shape index (κ1) is 10.2. The zero-order chi connectivity index (χ0) is 10.1. The number of hydrogen-bond donors (Lipinski definition) is 1. The van der Waals surface area contributed by atoms with Crippen molar-refractivity contribution in [2.45, 2.75) is 38.3 Å². The molecule has 1 saturated heterocycles. The van der Waals surface area contributed by atoms with Crippen molar-refractivity contribution < 1.29 is 19.4 Å². The Morgan fingerprint density at radius 2 is 2.23 bits per heavy atom. The van der Waals surface area contributed by atoms with Crippen molar-refractivity contribution in [3.8, 4) is 0 Å². The van der Waals surface area contributed by atoms with Gasteiger partial charge in [0.15, 0.2) is 11.9 Å². The van der Waals surface area contributed by atoms with Gasteiger partial charge in [0, 0.05) is 0 Å². The Morgan fingerprint density at radius 3 is 2.69 bits per heavy atom. The minimum absolute atomic E-state index is 0.426. The van der Waals surface area contributed by atoms with E-state index in [1.807, 2.05) is 0 Å². The third-order valence-corrected chi connectivity index (χ3v) is 1.83. The standard InChI is InChI=1S/C9H14O4/c1-4-5-6-7(8(10)11)13-9(2,3)12-6/h4,6-7H,1,5H2,2-3H3,(H,10,11)/t6-,7?/m1/s1. The molecule has 74 valence electrons. The molecule has 0 radical (unpaired) electrons. The van der Waals surface area contributed by atoms with Gasteiger partial charge in [-0.3, -0.25) is 0 Å². The minimum Gasteiger partial charge on any atom is -0.479 e. The molecule has 1 aliphatic heterocycles. The SMILES string of the molecule is C=CC[C@H]1OC(C)(C)OC1C(=O)O. The molecule has 0 bridgehead atoms. The van der Waals surface area contributed by atoms with Gasteiger partial charge in [-0.05, 0) is 20.3 Å². The van der Waals surface area contributed by atoms with E-state index >= 15 is 0 Å². The molecule has 0 aliphatic carbocycles. The average molecular weight is 186 g/mol. The number of hydrogen-bond acceptors (Lipinski definition) is 3. The van der Waals surface area contributed by atoms with Gasteiger partial charge in [-0.1, -0.05) is 6.08 Å². The Balaban J connectivity index is 2.71. The van der Waals surface area contributed by atoms with Crippen molar-refractivity contribution in [1.82, 2.24) is 0 Å². The summed E-state index contributed by atoms with van der Waals surface area (Å²) in [5.74, 6) is -1.80. The summed E-state index contributed by atoms with van der Waals surface area (Å²) in [6.07, 6.45) is 0.809. The van der Waals surface area contributed by atoms with Crippen molar-refractivity contribution in [2.24, 2.45) is 0 Å². The summed E-state index contributed by atoms with van der Waals surface area (Å²) in [5, 5.41) is 8.80. The quantitative estimate of drug-likeness (QED) is 0.672. The maximum Gasteiger partial charge on any atom is 0.335 e. The lowest BCUT2D eigenvalue weighted by Crippen LogP contribution is -2.30. The molecular weight excluding hydrogens is 172 g/mol. The molecule has 4 nitrogen and oxygen atoms in total. The first-order valence-corrected chi connectivity index (χ1v) is 4.15. The van der Waals surface area contributed by atoms with Crippen LogP contribution in [0, 0.1) is 0 Å². The van der Waals surface area contributed by atoms with E-state index in [9.17, 15) is 4.79 Å². The van der Waals surface area contributed by atoms with Gasteiger partial charge in [0.1, 0.15) is 6.10 Å². The fourth-order valence-electron chi connectivity index (χ4n) is 1.38. The highest BCUT2D eigenvalue weighted by atomic mass is 16.8. The van der Waals surface area contributed by atoms with Gasteiger partial charge in [0.05, 0.1) is 0 Å². The Hall–Kier alpha value is -0.870. The number of rotatable bonds is 3. The fraction of sp³-hybridized carbons (Fsp3) is 0.667. The van der Waals surface area contributed by atoms with Crippen LogP contribution in [-0.4, -0.2) is 29.1 Å². The third kappa shape index (κ3) is 2.29. The molecule has 0 spiro atoms. The van der Waals surface area contributed by atoms with Gasteiger partial charge in [-0.25, -0.2) is 4.79 Å². The lowest BCUT2D eigenvalue weighted by molar-refractivity contribution is -0.165. The third-order valence-electron chi connectivity index (χ3n) is 1.83. The van der Waals surface area contributed by atoms with Crippen LogP contribution < -0.4 is 0 Å². The lowest BCUT2D eigenvalue weighted by Gasteiger charge is -2.15. The predicted octanol–water partition coefficient (Wildman–Crippen LogP) is 1.17. The first-order valence-electron chi connectivity index (χ1n) is 4.15. The van der Waals surface area contributed by atoms with Gasteiger partial charge in [0.25, 0.3) is 0 Å². The van der Waals surface area contributed by atoms with Crippen LogP contribution in [0.4, 0.5) is 0 Å². The van der Waals surface area contributed by atoms with E-state index in [1.54, 1.807) is 19.9 Å². The number of carboxylic acid groups (broad SMARTS) is 1. The molecule has 1 rings (SSSR count). The van der Waals surface area contributed by atoms with E-state index in [0.29, 0.717) is 6.42 Å². The largest absolute Gasteiger partial charge is 0.479 e. The highest BCUT2D eigenvalue weighted by Gasteiger charge is 2.44. The van der Waals surface area contributed by atoms with Crippen molar-refractivity contribution >= 4 is 5.97 Å². The van der Waals surface area contributed by atoms with E-state index in [-0.39, 0.29) is 0 Å². The normalized spacial score (nSPS) is 31.5. The van der Waals surface area contributed by atoms with Crippen LogP contribution in [0.15, 0.2) is 12.7 Å². The second-order valence-corrected chi connectivity index (χ2v) is 3.46. The molecular formula is C9H14O4. The Morgan fingerprint density at radius 1 is 1.62 bits per heavy atom. The van der Waals surface area contributed by atoms with Crippen LogP contribution in [-0.2, 0) is 14.3 Å². The molecule has 4 heteroatoms. The Bertz CT molecular complexity index is 222. The molecule has 0 aromatic carbocycles. The van der Waals surface area contributed by atoms with Gasteiger partial charge < -0.3 is 14.6 Å². The molecule has 13 heavy (non-hydrogen) atoms. The van der Waals surface area contributed by atoms with E-state index in [2.05, 4.69) is 6.58 Å². The molecule has 0 amide bonds. The number of carboxylic acids is 1. The van der Waals surface area contributed by atoms with Crippen LogP contribution in [0.2, 0.25) is 0 Å². The molecule has 1 N–H and O–H groups in total. The first-order chi connectivity index (χ1) is 5.96. The fourth-order valence-corrected chi connectivity index (χ4v) is 1.38. The van der Waals surface area contributed by atoms with Gasteiger partial charge in [-0.15, -0.1) is 6.58 Å². The maximum atomic E-state index is 10.7. The molecule has 1 heterocycles. The molecule has 1 fully saturated rings. The topological polar surface area (TPSA) is 55.8 Å². The molecule has 1 aliphatic rings. The number of ether oxygens (including phenoxy) is 2. The Labute approximate surface area is 77.1 Å². The minimum atomic E-state index is -0.988. The van der Waals surface area contributed by atoms with Crippen molar-refractivity contribution in [2.75, 3.05) is 0 Å².